The zero-order valence-corrected chi connectivity index (χ0v) is 20.3. The number of oxazole rings is 1. The van der Waals surface area contributed by atoms with Crippen molar-refractivity contribution in [2.45, 2.75) is 65.5 Å². The molecule has 8 heteroatoms. The summed E-state index contributed by atoms with van der Waals surface area (Å²) < 4.78 is 5.75. The van der Waals surface area contributed by atoms with Gasteiger partial charge in [-0.15, -0.1) is 0 Å². The lowest BCUT2D eigenvalue weighted by Gasteiger charge is -2.27. The first-order chi connectivity index (χ1) is 16.4. The highest BCUT2D eigenvalue weighted by Crippen LogP contribution is 2.28. The first-order valence-electron chi connectivity index (χ1n) is 12.1. The van der Waals surface area contributed by atoms with E-state index >= 15 is 0 Å². The van der Waals surface area contributed by atoms with Gasteiger partial charge in [-0.1, -0.05) is 39.8 Å². The van der Waals surface area contributed by atoms with Crippen LogP contribution in [0.15, 0.2) is 40.9 Å². The molecule has 0 spiro atoms. The highest BCUT2D eigenvalue weighted by atomic mass is 16.4. The number of hydrogen-bond acceptors (Lipinski definition) is 5. The summed E-state index contributed by atoms with van der Waals surface area (Å²) in [6.07, 6.45) is 5.24. The van der Waals surface area contributed by atoms with Gasteiger partial charge in [-0.25, -0.2) is 4.98 Å². The smallest absolute Gasteiger partial charge is 0.288 e. The SMILES string of the molecule is CCC(CC)NC(=O)c1cnc(-c2cccc(-c3cc(C(=O)N4CCCC4C(C)C)[nH]n3)c2)o1. The van der Waals surface area contributed by atoms with Gasteiger partial charge in [-0.2, -0.15) is 5.10 Å². The quantitative estimate of drug-likeness (QED) is 0.494. The minimum atomic E-state index is -0.263. The highest BCUT2D eigenvalue weighted by molar-refractivity contribution is 5.94. The number of rotatable bonds is 8. The van der Waals surface area contributed by atoms with Crippen LogP contribution in [-0.4, -0.2) is 50.5 Å². The minimum absolute atomic E-state index is 0.00748. The molecular formula is C26H33N5O3. The Morgan fingerprint density at radius 2 is 1.97 bits per heavy atom. The summed E-state index contributed by atoms with van der Waals surface area (Å²) in [5.74, 6) is 0.700. The number of carbonyl (C=O) groups is 2. The Bertz CT molecular complexity index is 1140. The van der Waals surface area contributed by atoms with E-state index in [2.05, 4.69) is 34.3 Å². The molecule has 2 N–H and O–H groups in total. The number of benzene rings is 1. The van der Waals surface area contributed by atoms with E-state index in [0.29, 0.717) is 23.2 Å². The van der Waals surface area contributed by atoms with Gasteiger partial charge in [0, 0.05) is 29.8 Å². The van der Waals surface area contributed by atoms with Crippen molar-refractivity contribution in [3.8, 4) is 22.7 Å². The molecule has 0 radical (unpaired) electrons. The summed E-state index contributed by atoms with van der Waals surface area (Å²) in [5, 5.41) is 10.3. The Kier molecular flexibility index (Phi) is 7.14. The molecule has 8 nitrogen and oxygen atoms in total. The lowest BCUT2D eigenvalue weighted by molar-refractivity contribution is 0.0695. The van der Waals surface area contributed by atoms with Crippen molar-refractivity contribution in [2.75, 3.05) is 6.54 Å². The number of nitrogens with one attached hydrogen (secondary N) is 2. The van der Waals surface area contributed by atoms with Gasteiger partial charge < -0.3 is 14.6 Å². The number of nitrogens with zero attached hydrogens (tertiary/aromatic N) is 3. The van der Waals surface area contributed by atoms with E-state index in [1.165, 1.54) is 6.20 Å². The summed E-state index contributed by atoms with van der Waals surface area (Å²) in [6.45, 7) is 9.16. The van der Waals surface area contributed by atoms with Crippen molar-refractivity contribution < 1.29 is 14.0 Å². The highest BCUT2D eigenvalue weighted by Gasteiger charge is 2.32. The molecule has 1 aliphatic heterocycles. The Balaban J connectivity index is 1.51. The van der Waals surface area contributed by atoms with Gasteiger partial charge in [0.25, 0.3) is 11.8 Å². The van der Waals surface area contributed by atoms with Crippen molar-refractivity contribution in [1.29, 1.82) is 0 Å². The number of amides is 2. The summed E-state index contributed by atoms with van der Waals surface area (Å²) in [6, 6.07) is 9.73. The van der Waals surface area contributed by atoms with Crippen LogP contribution in [0.4, 0.5) is 0 Å². The van der Waals surface area contributed by atoms with Crippen LogP contribution in [0, 0.1) is 5.92 Å². The van der Waals surface area contributed by atoms with Crippen LogP contribution in [0.3, 0.4) is 0 Å². The van der Waals surface area contributed by atoms with Gasteiger partial charge in [0.1, 0.15) is 5.69 Å². The van der Waals surface area contributed by atoms with Crippen molar-refractivity contribution in [3.05, 3.63) is 48.0 Å². The topological polar surface area (TPSA) is 104 Å². The largest absolute Gasteiger partial charge is 0.431 e. The summed E-state index contributed by atoms with van der Waals surface area (Å²) in [4.78, 5) is 31.8. The molecule has 0 saturated carbocycles. The number of aromatic amines is 1. The molecule has 3 heterocycles. The molecule has 1 aliphatic rings. The third-order valence-corrected chi connectivity index (χ3v) is 6.59. The maximum atomic E-state index is 13.1. The Morgan fingerprint density at radius 1 is 1.21 bits per heavy atom. The average Bonchev–Trinajstić information content (AvgIpc) is 3.62. The molecule has 1 aromatic carbocycles. The van der Waals surface area contributed by atoms with E-state index in [1.54, 1.807) is 6.07 Å². The van der Waals surface area contributed by atoms with Crippen LogP contribution in [0.5, 0.6) is 0 Å². The molecule has 34 heavy (non-hydrogen) atoms. The summed E-state index contributed by atoms with van der Waals surface area (Å²) in [7, 11) is 0. The maximum absolute atomic E-state index is 13.1. The number of hydrogen-bond donors (Lipinski definition) is 2. The molecular weight excluding hydrogens is 430 g/mol. The molecule has 1 unspecified atom stereocenters. The Hall–Kier alpha value is -3.42. The second-order valence-electron chi connectivity index (χ2n) is 9.22. The standard InChI is InChI=1S/C26H33N5O3/c1-5-19(6-2)28-24(32)23-15-27-25(34-23)18-10-7-9-17(13-18)20-14-21(30-29-20)26(33)31-12-8-11-22(31)16(3)4/h7,9-10,13-16,19,22H,5-6,8,11-12H2,1-4H3,(H,28,32)(H,29,30). The van der Waals surface area contributed by atoms with Crippen LogP contribution in [-0.2, 0) is 0 Å². The second-order valence-corrected chi connectivity index (χ2v) is 9.22. The third-order valence-electron chi connectivity index (χ3n) is 6.59. The summed E-state index contributed by atoms with van der Waals surface area (Å²) in [5.41, 5.74) is 2.72. The fourth-order valence-electron chi connectivity index (χ4n) is 4.55. The van der Waals surface area contributed by atoms with Gasteiger partial charge in [-0.05, 0) is 49.8 Å². The van der Waals surface area contributed by atoms with E-state index in [9.17, 15) is 9.59 Å². The third kappa shape index (κ3) is 4.90. The first kappa shape index (κ1) is 23.7. The monoisotopic (exact) mass is 463 g/mol. The molecule has 1 saturated heterocycles. The van der Waals surface area contributed by atoms with Crippen LogP contribution >= 0.6 is 0 Å². The van der Waals surface area contributed by atoms with Crippen molar-refractivity contribution in [1.82, 2.24) is 25.4 Å². The molecule has 0 bridgehead atoms. The van der Waals surface area contributed by atoms with Crippen LogP contribution < -0.4 is 5.32 Å². The van der Waals surface area contributed by atoms with E-state index < -0.39 is 0 Å². The average molecular weight is 464 g/mol. The predicted molar refractivity (Wildman–Crippen MR) is 130 cm³/mol. The van der Waals surface area contributed by atoms with Crippen molar-refractivity contribution in [3.63, 3.8) is 0 Å². The van der Waals surface area contributed by atoms with Gasteiger partial charge in [-0.3, -0.25) is 14.7 Å². The first-order valence-corrected chi connectivity index (χ1v) is 12.1. The van der Waals surface area contributed by atoms with Gasteiger partial charge in [0.2, 0.25) is 11.7 Å². The normalized spacial score (nSPS) is 15.9. The van der Waals surface area contributed by atoms with E-state index in [4.69, 9.17) is 4.42 Å². The zero-order valence-electron chi connectivity index (χ0n) is 20.3. The molecule has 1 atom stereocenters. The molecule has 4 rings (SSSR count). The molecule has 180 valence electrons. The lowest BCUT2D eigenvalue weighted by atomic mass is 10.0. The van der Waals surface area contributed by atoms with Crippen molar-refractivity contribution in [2.24, 2.45) is 5.92 Å². The molecule has 2 aromatic heterocycles. The number of carbonyl (C=O) groups excluding carboxylic acids is 2. The van der Waals surface area contributed by atoms with E-state index in [1.807, 2.05) is 43.0 Å². The second kappa shape index (κ2) is 10.2. The predicted octanol–water partition coefficient (Wildman–Crippen LogP) is 4.91. The minimum Gasteiger partial charge on any atom is -0.431 e. The maximum Gasteiger partial charge on any atom is 0.288 e. The molecule has 1 fully saturated rings. The van der Waals surface area contributed by atoms with Crippen LogP contribution in [0.25, 0.3) is 22.7 Å². The van der Waals surface area contributed by atoms with E-state index in [0.717, 1.165) is 43.4 Å². The molecule has 3 aromatic rings. The van der Waals surface area contributed by atoms with Gasteiger partial charge in [0.05, 0.1) is 11.9 Å². The van der Waals surface area contributed by atoms with Crippen molar-refractivity contribution >= 4 is 11.8 Å². The Morgan fingerprint density at radius 3 is 2.71 bits per heavy atom. The van der Waals surface area contributed by atoms with Gasteiger partial charge >= 0.3 is 0 Å². The summed E-state index contributed by atoms with van der Waals surface area (Å²) >= 11 is 0. The fourth-order valence-corrected chi connectivity index (χ4v) is 4.55. The fraction of sp³-hybridized carbons (Fsp3) is 0.462. The van der Waals surface area contributed by atoms with Crippen LogP contribution in [0.2, 0.25) is 0 Å². The lowest BCUT2D eigenvalue weighted by Crippen LogP contribution is -2.38. The number of H-pyrrole nitrogens is 1. The Labute approximate surface area is 200 Å². The molecule has 2 amide bonds. The van der Waals surface area contributed by atoms with E-state index in [-0.39, 0.29) is 29.7 Å². The number of likely N-dealkylation sites (tertiary alicyclic amines) is 1. The molecule has 0 aliphatic carbocycles. The number of aromatic nitrogens is 3. The van der Waals surface area contributed by atoms with Crippen LogP contribution in [0.1, 0.15) is 74.4 Å². The zero-order chi connectivity index (χ0) is 24.2. The van der Waals surface area contributed by atoms with Gasteiger partial charge in [0.15, 0.2) is 0 Å².